The Labute approximate surface area is 122 Å². The van der Waals surface area contributed by atoms with Gasteiger partial charge in [0.15, 0.2) is 0 Å². The maximum absolute atomic E-state index is 6.09. The SMILES string of the molecule is Cc1cc(OC(C)C)cc(B2OC(C)(C)C(C)(C)O2)c1. The van der Waals surface area contributed by atoms with Gasteiger partial charge in [0, 0.05) is 0 Å². The molecule has 0 amide bonds. The number of benzene rings is 1. The summed E-state index contributed by atoms with van der Waals surface area (Å²) in [6.07, 6.45) is 0.156. The molecule has 2 rings (SSSR count). The lowest BCUT2D eigenvalue weighted by Gasteiger charge is -2.32. The van der Waals surface area contributed by atoms with Gasteiger partial charge >= 0.3 is 7.12 Å². The van der Waals surface area contributed by atoms with Crippen LogP contribution in [0.4, 0.5) is 0 Å². The van der Waals surface area contributed by atoms with Crippen molar-refractivity contribution < 1.29 is 14.0 Å². The maximum Gasteiger partial charge on any atom is 0.494 e. The van der Waals surface area contributed by atoms with Crippen molar-refractivity contribution in [1.82, 2.24) is 0 Å². The molecule has 0 unspecified atom stereocenters. The van der Waals surface area contributed by atoms with Crippen molar-refractivity contribution in [1.29, 1.82) is 0 Å². The number of hydrogen-bond donors (Lipinski definition) is 0. The van der Waals surface area contributed by atoms with Gasteiger partial charge in [-0.3, -0.25) is 0 Å². The molecule has 0 N–H and O–H groups in total. The van der Waals surface area contributed by atoms with Gasteiger partial charge in [-0.05, 0) is 71.6 Å². The molecule has 0 radical (unpaired) electrons. The molecule has 1 saturated heterocycles. The molecule has 1 heterocycles. The van der Waals surface area contributed by atoms with Gasteiger partial charge in [0.25, 0.3) is 0 Å². The van der Waals surface area contributed by atoms with Gasteiger partial charge in [-0.15, -0.1) is 0 Å². The summed E-state index contributed by atoms with van der Waals surface area (Å²) in [5.74, 6) is 0.865. The van der Waals surface area contributed by atoms with E-state index in [0.717, 1.165) is 16.8 Å². The van der Waals surface area contributed by atoms with E-state index in [1.807, 2.05) is 26.0 Å². The highest BCUT2D eigenvalue weighted by Crippen LogP contribution is 2.36. The first-order valence-electron chi connectivity index (χ1n) is 7.24. The molecule has 1 aliphatic rings. The van der Waals surface area contributed by atoms with E-state index < -0.39 is 0 Å². The zero-order chi connectivity index (χ0) is 15.1. The summed E-state index contributed by atoms with van der Waals surface area (Å²) in [5.41, 5.74) is 1.52. The fourth-order valence-corrected chi connectivity index (χ4v) is 2.23. The van der Waals surface area contributed by atoms with Crippen LogP contribution in [0.25, 0.3) is 0 Å². The molecule has 0 aromatic heterocycles. The normalized spacial score (nSPS) is 20.5. The largest absolute Gasteiger partial charge is 0.494 e. The zero-order valence-corrected chi connectivity index (χ0v) is 13.6. The fourth-order valence-electron chi connectivity index (χ4n) is 2.23. The van der Waals surface area contributed by atoms with Crippen molar-refractivity contribution in [2.45, 2.75) is 65.8 Å². The van der Waals surface area contributed by atoms with Crippen molar-refractivity contribution in [3.05, 3.63) is 23.8 Å². The van der Waals surface area contributed by atoms with Crippen molar-refractivity contribution in [3.8, 4) is 5.75 Å². The fraction of sp³-hybridized carbons (Fsp3) is 0.625. The van der Waals surface area contributed by atoms with Gasteiger partial charge in [0.2, 0.25) is 0 Å². The van der Waals surface area contributed by atoms with E-state index in [4.69, 9.17) is 14.0 Å². The molecular formula is C16H25BO3. The first kappa shape index (κ1) is 15.4. The third-order valence-electron chi connectivity index (χ3n) is 3.97. The number of aryl methyl sites for hydroxylation is 1. The van der Waals surface area contributed by atoms with Crippen LogP contribution in [0.2, 0.25) is 0 Å². The monoisotopic (exact) mass is 276 g/mol. The van der Waals surface area contributed by atoms with E-state index in [9.17, 15) is 0 Å². The van der Waals surface area contributed by atoms with Crippen molar-refractivity contribution >= 4 is 12.6 Å². The van der Waals surface area contributed by atoms with Crippen LogP contribution in [0.5, 0.6) is 5.75 Å². The Balaban J connectivity index is 2.28. The van der Waals surface area contributed by atoms with E-state index in [1.165, 1.54) is 0 Å². The Morgan fingerprint density at radius 2 is 1.55 bits per heavy atom. The summed E-state index contributed by atoms with van der Waals surface area (Å²) in [5, 5.41) is 0. The second-order valence-electron chi connectivity index (χ2n) is 6.83. The van der Waals surface area contributed by atoms with Crippen LogP contribution in [-0.4, -0.2) is 24.4 Å². The quantitative estimate of drug-likeness (QED) is 0.794. The van der Waals surface area contributed by atoms with E-state index in [2.05, 4.69) is 40.7 Å². The Kier molecular flexibility index (Phi) is 3.91. The number of hydrogen-bond acceptors (Lipinski definition) is 3. The molecule has 1 aliphatic heterocycles. The summed E-state index contributed by atoms with van der Waals surface area (Å²) < 4.78 is 18.0. The molecule has 0 spiro atoms. The van der Waals surface area contributed by atoms with Crippen LogP contribution < -0.4 is 10.2 Å². The lowest BCUT2D eigenvalue weighted by atomic mass is 9.78. The zero-order valence-electron chi connectivity index (χ0n) is 13.6. The first-order valence-corrected chi connectivity index (χ1v) is 7.24. The average molecular weight is 276 g/mol. The first-order chi connectivity index (χ1) is 9.10. The highest BCUT2D eigenvalue weighted by molar-refractivity contribution is 6.62. The van der Waals surface area contributed by atoms with E-state index in [-0.39, 0.29) is 24.4 Å². The molecule has 0 aliphatic carbocycles. The van der Waals surface area contributed by atoms with Gasteiger partial charge < -0.3 is 14.0 Å². The lowest BCUT2D eigenvalue weighted by molar-refractivity contribution is 0.00578. The predicted octanol–water partition coefficient (Wildman–Crippen LogP) is 3.08. The highest BCUT2D eigenvalue weighted by atomic mass is 16.7. The Bertz CT molecular complexity index is 478. The van der Waals surface area contributed by atoms with E-state index in [1.54, 1.807) is 0 Å². The average Bonchev–Trinajstić information content (AvgIpc) is 2.46. The van der Waals surface area contributed by atoms with Gasteiger partial charge in [0.05, 0.1) is 17.3 Å². The minimum absolute atomic E-state index is 0.156. The third-order valence-corrected chi connectivity index (χ3v) is 3.97. The molecule has 4 heteroatoms. The summed E-state index contributed by atoms with van der Waals surface area (Å²) in [4.78, 5) is 0. The molecule has 110 valence electrons. The predicted molar refractivity (Wildman–Crippen MR) is 82.7 cm³/mol. The molecule has 1 fully saturated rings. The van der Waals surface area contributed by atoms with Crippen molar-refractivity contribution in [3.63, 3.8) is 0 Å². The van der Waals surface area contributed by atoms with Gasteiger partial charge in [-0.25, -0.2) is 0 Å². The van der Waals surface area contributed by atoms with Gasteiger partial charge in [-0.2, -0.15) is 0 Å². The summed E-state index contributed by atoms with van der Waals surface area (Å²) in [7, 11) is -0.339. The van der Waals surface area contributed by atoms with E-state index in [0.29, 0.717) is 0 Å². The third kappa shape index (κ3) is 3.02. The van der Waals surface area contributed by atoms with Crippen LogP contribution in [0.15, 0.2) is 18.2 Å². The van der Waals surface area contributed by atoms with Gasteiger partial charge in [0.1, 0.15) is 5.75 Å². The van der Waals surface area contributed by atoms with Gasteiger partial charge in [-0.1, -0.05) is 6.07 Å². The maximum atomic E-state index is 6.09. The van der Waals surface area contributed by atoms with Crippen molar-refractivity contribution in [2.24, 2.45) is 0 Å². The Morgan fingerprint density at radius 3 is 2.05 bits per heavy atom. The van der Waals surface area contributed by atoms with Crippen molar-refractivity contribution in [2.75, 3.05) is 0 Å². The molecule has 0 saturated carbocycles. The summed E-state index contributed by atoms with van der Waals surface area (Å²) in [6, 6.07) is 6.14. The Morgan fingerprint density at radius 1 is 1.00 bits per heavy atom. The number of rotatable bonds is 3. The smallest absolute Gasteiger partial charge is 0.491 e. The molecule has 0 bridgehead atoms. The minimum Gasteiger partial charge on any atom is -0.491 e. The summed E-state index contributed by atoms with van der Waals surface area (Å²) >= 11 is 0. The number of ether oxygens (including phenoxy) is 1. The van der Waals surface area contributed by atoms with Crippen LogP contribution in [-0.2, 0) is 9.31 Å². The highest BCUT2D eigenvalue weighted by Gasteiger charge is 2.51. The lowest BCUT2D eigenvalue weighted by Crippen LogP contribution is -2.41. The van der Waals surface area contributed by atoms with E-state index >= 15 is 0 Å². The molecule has 1 aromatic carbocycles. The second-order valence-corrected chi connectivity index (χ2v) is 6.83. The van der Waals surface area contributed by atoms with Crippen LogP contribution in [0.3, 0.4) is 0 Å². The van der Waals surface area contributed by atoms with Crippen LogP contribution in [0.1, 0.15) is 47.1 Å². The summed E-state index contributed by atoms with van der Waals surface area (Å²) in [6.45, 7) is 14.4. The molecule has 1 aromatic rings. The van der Waals surface area contributed by atoms with Crippen LogP contribution in [0, 0.1) is 6.92 Å². The Hall–Kier alpha value is -0.995. The molecular weight excluding hydrogens is 251 g/mol. The topological polar surface area (TPSA) is 27.7 Å². The molecule has 3 nitrogen and oxygen atoms in total. The molecule has 0 atom stereocenters. The second kappa shape index (κ2) is 5.08. The van der Waals surface area contributed by atoms with Crippen LogP contribution >= 0.6 is 0 Å². The molecule has 20 heavy (non-hydrogen) atoms. The standard InChI is InChI=1S/C16H25BO3/c1-11(2)18-14-9-12(3)8-13(10-14)17-19-15(4,5)16(6,7)20-17/h8-11H,1-7H3. The minimum atomic E-state index is -0.339.